The molecule has 1 aromatic heterocycles. The highest BCUT2D eigenvalue weighted by Crippen LogP contribution is 2.15. The van der Waals surface area contributed by atoms with Crippen LogP contribution < -0.4 is 5.48 Å². The minimum Gasteiger partial charge on any atom is -0.339 e. The number of hydrogen-bond donors (Lipinski definition) is 2. The van der Waals surface area contributed by atoms with Crippen molar-refractivity contribution in [1.29, 1.82) is 0 Å². The van der Waals surface area contributed by atoms with E-state index in [0.29, 0.717) is 5.57 Å². The Morgan fingerprint density at radius 2 is 2.15 bits per heavy atom. The summed E-state index contributed by atoms with van der Waals surface area (Å²) in [7, 11) is -1.86. The largest absolute Gasteiger partial charge is 0.339 e. The molecule has 0 aliphatic rings. The number of aryl methyl sites for hydroxylation is 1. The molecule has 7 nitrogen and oxygen atoms in total. The Balaban J connectivity index is 2.92. The van der Waals surface area contributed by atoms with Crippen LogP contribution in [0.2, 0.25) is 0 Å². The van der Waals surface area contributed by atoms with Gasteiger partial charge in [-0.2, -0.15) is 0 Å². The number of rotatable bonds is 5. The molecule has 1 rings (SSSR count). The first kappa shape index (κ1) is 16.1. The van der Waals surface area contributed by atoms with E-state index < -0.39 is 21.0 Å². The van der Waals surface area contributed by atoms with Gasteiger partial charge in [-0.3, -0.25) is 10.0 Å². The average molecular weight is 299 g/mol. The Labute approximate surface area is 117 Å². The van der Waals surface area contributed by atoms with Crippen molar-refractivity contribution in [3.63, 3.8) is 0 Å². The molecule has 20 heavy (non-hydrogen) atoms. The number of imidazole rings is 1. The van der Waals surface area contributed by atoms with Gasteiger partial charge in [-0.1, -0.05) is 17.7 Å². The van der Waals surface area contributed by atoms with E-state index in [9.17, 15) is 13.2 Å². The van der Waals surface area contributed by atoms with E-state index in [1.807, 2.05) is 0 Å². The summed E-state index contributed by atoms with van der Waals surface area (Å²) in [5, 5.41) is 7.56. The summed E-state index contributed by atoms with van der Waals surface area (Å²) in [6, 6.07) is 0. The number of sulfone groups is 1. The molecule has 0 saturated carbocycles. The maximum atomic E-state index is 12.2. The summed E-state index contributed by atoms with van der Waals surface area (Å²) >= 11 is 0. The molecule has 110 valence electrons. The van der Waals surface area contributed by atoms with Gasteiger partial charge in [0.1, 0.15) is 0 Å². The van der Waals surface area contributed by atoms with Crippen molar-refractivity contribution in [2.24, 2.45) is 7.05 Å². The molecule has 1 amide bonds. The van der Waals surface area contributed by atoms with Crippen molar-refractivity contribution < 1.29 is 18.4 Å². The summed E-state index contributed by atoms with van der Waals surface area (Å²) in [6.45, 7) is 3.19. The van der Waals surface area contributed by atoms with Crippen LogP contribution in [0.25, 0.3) is 0 Å². The molecule has 1 unspecified atom stereocenters. The zero-order chi connectivity index (χ0) is 15.3. The van der Waals surface area contributed by atoms with Gasteiger partial charge in [-0.25, -0.2) is 18.9 Å². The molecule has 0 spiro atoms. The van der Waals surface area contributed by atoms with Crippen LogP contribution in [0.15, 0.2) is 41.4 Å². The van der Waals surface area contributed by atoms with E-state index in [1.165, 1.54) is 37.1 Å². The summed E-state index contributed by atoms with van der Waals surface area (Å²) in [6.07, 6.45) is 6.87. The predicted molar refractivity (Wildman–Crippen MR) is 72.7 cm³/mol. The molecule has 0 aromatic carbocycles. The molecule has 0 aliphatic carbocycles. The fourth-order valence-electron chi connectivity index (χ4n) is 1.49. The van der Waals surface area contributed by atoms with E-state index in [4.69, 9.17) is 5.21 Å². The van der Waals surface area contributed by atoms with Crippen LogP contribution in [0.3, 0.4) is 0 Å². The minimum absolute atomic E-state index is 0.00799. The van der Waals surface area contributed by atoms with Crippen LogP contribution in [0.4, 0.5) is 0 Å². The number of nitrogens with zero attached hydrogens (tertiary/aromatic N) is 2. The van der Waals surface area contributed by atoms with Gasteiger partial charge in [0.2, 0.25) is 9.84 Å². The zero-order valence-electron chi connectivity index (χ0n) is 11.4. The summed E-state index contributed by atoms with van der Waals surface area (Å²) in [5.41, 5.74) is 2.03. The van der Waals surface area contributed by atoms with Gasteiger partial charge in [-0.05, 0) is 13.8 Å². The Bertz CT molecular complexity index is 643. The predicted octanol–water partition coefficient (Wildman–Crippen LogP) is 0.590. The van der Waals surface area contributed by atoms with Crippen molar-refractivity contribution in [1.82, 2.24) is 15.0 Å². The molecular formula is C12H17N3O4S. The van der Waals surface area contributed by atoms with Gasteiger partial charge >= 0.3 is 0 Å². The summed E-state index contributed by atoms with van der Waals surface area (Å²) < 4.78 is 26.0. The van der Waals surface area contributed by atoms with Gasteiger partial charge < -0.3 is 4.57 Å². The van der Waals surface area contributed by atoms with E-state index in [1.54, 1.807) is 18.5 Å². The van der Waals surface area contributed by atoms with Crippen molar-refractivity contribution in [2.75, 3.05) is 0 Å². The first-order chi connectivity index (χ1) is 9.27. The van der Waals surface area contributed by atoms with E-state index in [0.717, 1.165) is 6.08 Å². The normalized spacial score (nSPS) is 14.5. The van der Waals surface area contributed by atoms with Crippen LogP contribution in [0.1, 0.15) is 13.8 Å². The zero-order valence-corrected chi connectivity index (χ0v) is 12.3. The van der Waals surface area contributed by atoms with Crippen LogP contribution in [0.5, 0.6) is 0 Å². The summed E-state index contributed by atoms with van der Waals surface area (Å²) in [5.74, 6) is -0.682. The van der Waals surface area contributed by atoms with Gasteiger partial charge in [0.05, 0.1) is 11.6 Å². The maximum Gasteiger partial charge on any atom is 0.267 e. The number of nitrogens with one attached hydrogen (secondary N) is 1. The SMILES string of the molecule is CC(/C=C/C(=O)NO)=C\C(C)S(=O)(=O)c1cn(C)cn1. The van der Waals surface area contributed by atoms with Crippen molar-refractivity contribution in [3.8, 4) is 0 Å². The maximum absolute atomic E-state index is 12.2. The second-order valence-corrected chi connectivity index (χ2v) is 6.60. The smallest absolute Gasteiger partial charge is 0.267 e. The van der Waals surface area contributed by atoms with Gasteiger partial charge in [0, 0.05) is 19.3 Å². The number of carbonyl (C=O) groups is 1. The fraction of sp³-hybridized carbons (Fsp3) is 0.333. The number of carbonyl (C=O) groups excluding carboxylic acids is 1. The Hall–Kier alpha value is -1.93. The lowest BCUT2D eigenvalue weighted by Gasteiger charge is -2.07. The number of aromatic nitrogens is 2. The first-order valence-corrected chi connectivity index (χ1v) is 7.34. The molecule has 0 fully saturated rings. The Kier molecular flexibility index (Phi) is 5.23. The van der Waals surface area contributed by atoms with Gasteiger partial charge in [0.25, 0.3) is 5.91 Å². The van der Waals surface area contributed by atoms with Crippen LogP contribution >= 0.6 is 0 Å². The molecule has 0 bridgehead atoms. The lowest BCUT2D eigenvalue weighted by molar-refractivity contribution is -0.124. The second-order valence-electron chi connectivity index (χ2n) is 4.35. The van der Waals surface area contributed by atoms with Crippen LogP contribution in [-0.4, -0.2) is 34.3 Å². The topological polar surface area (TPSA) is 101 Å². The van der Waals surface area contributed by atoms with E-state index in [2.05, 4.69) is 4.98 Å². The van der Waals surface area contributed by atoms with Crippen LogP contribution in [0, 0.1) is 0 Å². The first-order valence-electron chi connectivity index (χ1n) is 5.80. The van der Waals surface area contributed by atoms with Crippen molar-refractivity contribution >= 4 is 15.7 Å². The standard InChI is InChI=1S/C12H17N3O4S/c1-9(4-5-11(16)14-17)6-10(2)20(18,19)12-7-15(3)8-13-12/h4-8,10,17H,1-3H3,(H,14,16)/b5-4+,9-6+. The number of allylic oxidation sites excluding steroid dienone is 2. The Morgan fingerprint density at radius 1 is 1.50 bits per heavy atom. The molecule has 0 aliphatic heterocycles. The lowest BCUT2D eigenvalue weighted by atomic mass is 10.2. The third-order valence-electron chi connectivity index (χ3n) is 2.57. The third kappa shape index (κ3) is 4.04. The highest BCUT2D eigenvalue weighted by molar-refractivity contribution is 7.92. The molecule has 1 aromatic rings. The molecular weight excluding hydrogens is 282 g/mol. The van der Waals surface area contributed by atoms with Crippen LogP contribution in [-0.2, 0) is 21.7 Å². The molecule has 0 radical (unpaired) electrons. The van der Waals surface area contributed by atoms with Gasteiger partial charge in [0.15, 0.2) is 5.03 Å². The monoisotopic (exact) mass is 299 g/mol. The minimum atomic E-state index is -3.55. The Morgan fingerprint density at radius 3 is 2.65 bits per heavy atom. The molecule has 1 heterocycles. The highest BCUT2D eigenvalue weighted by atomic mass is 32.2. The van der Waals surface area contributed by atoms with E-state index >= 15 is 0 Å². The second kappa shape index (κ2) is 6.49. The number of hydrogen-bond acceptors (Lipinski definition) is 5. The fourth-order valence-corrected chi connectivity index (χ4v) is 2.77. The average Bonchev–Trinajstić information content (AvgIpc) is 2.83. The van der Waals surface area contributed by atoms with Gasteiger partial charge in [-0.15, -0.1) is 0 Å². The number of hydroxylamine groups is 1. The summed E-state index contributed by atoms with van der Waals surface area (Å²) in [4.78, 5) is 14.7. The highest BCUT2D eigenvalue weighted by Gasteiger charge is 2.23. The third-order valence-corrected chi connectivity index (χ3v) is 4.48. The quantitative estimate of drug-likeness (QED) is 0.358. The van der Waals surface area contributed by atoms with Crippen molar-refractivity contribution in [3.05, 3.63) is 36.3 Å². The number of amides is 1. The van der Waals surface area contributed by atoms with E-state index in [-0.39, 0.29) is 5.03 Å². The molecule has 1 atom stereocenters. The molecule has 2 N–H and O–H groups in total. The molecule has 0 saturated heterocycles. The van der Waals surface area contributed by atoms with Crippen molar-refractivity contribution in [2.45, 2.75) is 24.1 Å². The molecule has 8 heteroatoms. The lowest BCUT2D eigenvalue weighted by Crippen LogP contribution is -2.17.